The van der Waals surface area contributed by atoms with Crippen molar-refractivity contribution in [2.45, 2.75) is 20.8 Å². The molecule has 5 nitrogen and oxygen atoms in total. The Morgan fingerprint density at radius 1 is 1.11 bits per heavy atom. The van der Waals surface area contributed by atoms with E-state index in [0.717, 1.165) is 16.9 Å². The van der Waals surface area contributed by atoms with E-state index in [9.17, 15) is 4.79 Å². The second-order valence-corrected chi connectivity index (χ2v) is 8.19. The fourth-order valence-corrected chi connectivity index (χ4v) is 3.64. The molecule has 0 aliphatic heterocycles. The van der Waals surface area contributed by atoms with Gasteiger partial charge in [0.15, 0.2) is 5.82 Å². The first-order chi connectivity index (χ1) is 13.5. The summed E-state index contributed by atoms with van der Waals surface area (Å²) in [6.07, 6.45) is 1.88. The summed E-state index contributed by atoms with van der Waals surface area (Å²) in [5.74, 6) is 1.83. The van der Waals surface area contributed by atoms with Gasteiger partial charge in [-0.05, 0) is 48.7 Å². The summed E-state index contributed by atoms with van der Waals surface area (Å²) in [5, 5.41) is 4.41. The number of hydrogen-bond donors (Lipinski definition) is 0. The van der Waals surface area contributed by atoms with Gasteiger partial charge in [0.25, 0.3) is 5.56 Å². The van der Waals surface area contributed by atoms with Gasteiger partial charge in [-0.1, -0.05) is 55.0 Å². The van der Waals surface area contributed by atoms with Gasteiger partial charge in [0.05, 0.1) is 11.1 Å². The zero-order valence-corrected chi connectivity index (χ0v) is 16.9. The van der Waals surface area contributed by atoms with E-state index in [-0.39, 0.29) is 5.56 Å². The number of ether oxygens (including phenoxy) is 1. The molecule has 0 saturated heterocycles. The summed E-state index contributed by atoms with van der Waals surface area (Å²) in [6, 6.07) is 15.7. The molecule has 6 heteroatoms. The van der Waals surface area contributed by atoms with Crippen LogP contribution in [0.4, 0.5) is 0 Å². The minimum absolute atomic E-state index is 0.142. The van der Waals surface area contributed by atoms with Gasteiger partial charge in [0.2, 0.25) is 4.96 Å². The van der Waals surface area contributed by atoms with Crippen LogP contribution in [0.25, 0.3) is 22.4 Å². The average molecular weight is 391 g/mol. The van der Waals surface area contributed by atoms with Crippen LogP contribution in [0, 0.1) is 12.8 Å². The highest BCUT2D eigenvalue weighted by atomic mass is 32.1. The lowest BCUT2D eigenvalue weighted by atomic mass is 10.1. The third-order valence-corrected chi connectivity index (χ3v) is 5.21. The molecule has 2 aromatic carbocycles. The maximum Gasteiger partial charge on any atom is 0.291 e. The molecule has 28 heavy (non-hydrogen) atoms. The van der Waals surface area contributed by atoms with Gasteiger partial charge >= 0.3 is 0 Å². The van der Waals surface area contributed by atoms with Gasteiger partial charge in [-0.2, -0.15) is 9.50 Å². The predicted octanol–water partition coefficient (Wildman–Crippen LogP) is 3.71. The molecular weight excluding hydrogens is 370 g/mol. The van der Waals surface area contributed by atoms with Gasteiger partial charge in [-0.3, -0.25) is 4.79 Å². The summed E-state index contributed by atoms with van der Waals surface area (Å²) in [6.45, 7) is 6.94. The van der Waals surface area contributed by atoms with Crippen molar-refractivity contribution in [3.05, 3.63) is 74.5 Å². The molecule has 0 bridgehead atoms. The van der Waals surface area contributed by atoms with Crippen LogP contribution >= 0.6 is 11.3 Å². The molecule has 2 heterocycles. The van der Waals surface area contributed by atoms with Gasteiger partial charge in [-0.25, -0.2) is 0 Å². The van der Waals surface area contributed by atoms with Crippen molar-refractivity contribution in [2.24, 2.45) is 5.92 Å². The van der Waals surface area contributed by atoms with E-state index < -0.39 is 0 Å². The van der Waals surface area contributed by atoms with Crippen molar-refractivity contribution in [1.82, 2.24) is 14.6 Å². The average Bonchev–Trinajstić information content (AvgIpc) is 3.22. The quantitative estimate of drug-likeness (QED) is 0.520. The molecule has 0 amide bonds. The first-order valence-electron chi connectivity index (χ1n) is 9.21. The fraction of sp³-hybridized carbons (Fsp3) is 0.227. The second kappa shape index (κ2) is 7.56. The van der Waals surface area contributed by atoms with E-state index in [2.05, 4.69) is 23.9 Å². The Bertz CT molecular complexity index is 1210. The molecule has 4 rings (SSSR count). The maximum atomic E-state index is 12.7. The molecule has 0 aliphatic rings. The third kappa shape index (κ3) is 3.82. The molecule has 0 fully saturated rings. The zero-order valence-electron chi connectivity index (χ0n) is 16.0. The van der Waals surface area contributed by atoms with Gasteiger partial charge in [0, 0.05) is 5.56 Å². The van der Waals surface area contributed by atoms with Crippen LogP contribution < -0.4 is 14.8 Å². The van der Waals surface area contributed by atoms with E-state index in [4.69, 9.17) is 4.74 Å². The molecule has 4 aromatic rings. The minimum atomic E-state index is -0.142. The molecule has 0 N–H and O–H groups in total. The Labute approximate surface area is 166 Å². The van der Waals surface area contributed by atoms with E-state index in [1.54, 1.807) is 0 Å². The number of hydrogen-bond acceptors (Lipinski definition) is 5. The summed E-state index contributed by atoms with van der Waals surface area (Å²) in [4.78, 5) is 17.8. The number of nitrogens with zero attached hydrogens (tertiary/aromatic N) is 3. The predicted molar refractivity (Wildman–Crippen MR) is 113 cm³/mol. The summed E-state index contributed by atoms with van der Waals surface area (Å²) < 4.78 is 7.71. The molecule has 0 saturated carbocycles. The monoisotopic (exact) mass is 391 g/mol. The van der Waals surface area contributed by atoms with Crippen LogP contribution in [-0.4, -0.2) is 21.2 Å². The zero-order chi connectivity index (χ0) is 19.7. The molecule has 0 spiro atoms. The smallest absolute Gasteiger partial charge is 0.291 e. The van der Waals surface area contributed by atoms with Crippen LogP contribution in [0.5, 0.6) is 5.75 Å². The van der Waals surface area contributed by atoms with Gasteiger partial charge in [-0.15, -0.1) is 5.10 Å². The number of aryl methyl sites for hydroxylation is 1. The van der Waals surface area contributed by atoms with Gasteiger partial charge in [0.1, 0.15) is 5.75 Å². The normalized spacial score (nSPS) is 12.2. The molecule has 0 unspecified atom stereocenters. The minimum Gasteiger partial charge on any atom is -0.493 e. The number of thiazole rings is 1. The van der Waals surface area contributed by atoms with Gasteiger partial charge < -0.3 is 4.74 Å². The SMILES string of the molecule is Cc1ccc(/C=c2\sc3nc(-c4ccc(OCC(C)C)cc4)nn3c2=O)cc1. The number of fused-ring (bicyclic) bond motifs is 1. The first-order valence-corrected chi connectivity index (χ1v) is 10.0. The maximum absolute atomic E-state index is 12.7. The third-order valence-electron chi connectivity index (χ3n) is 4.25. The van der Waals surface area contributed by atoms with E-state index in [1.165, 1.54) is 21.4 Å². The number of aromatic nitrogens is 3. The lowest BCUT2D eigenvalue weighted by molar-refractivity contribution is 0.271. The highest BCUT2D eigenvalue weighted by Crippen LogP contribution is 2.21. The molecular formula is C22H21N3O2S. The van der Waals surface area contributed by atoms with Crippen molar-refractivity contribution in [1.29, 1.82) is 0 Å². The second-order valence-electron chi connectivity index (χ2n) is 7.19. The molecule has 0 atom stereocenters. The molecule has 0 aliphatic carbocycles. The van der Waals surface area contributed by atoms with E-state index in [0.29, 0.717) is 27.8 Å². The van der Waals surface area contributed by atoms with Crippen molar-refractivity contribution >= 4 is 22.4 Å². The van der Waals surface area contributed by atoms with Crippen molar-refractivity contribution in [3.63, 3.8) is 0 Å². The standard InChI is InChI=1S/C22H21N3O2S/c1-14(2)13-27-18-10-8-17(9-11-18)20-23-22-25(24-20)21(26)19(28-22)12-16-6-4-15(3)5-7-16/h4-12,14H,13H2,1-3H3/b19-12-. The highest BCUT2D eigenvalue weighted by molar-refractivity contribution is 7.15. The fourth-order valence-electron chi connectivity index (χ4n) is 2.73. The van der Waals surface area contributed by atoms with Crippen LogP contribution in [0.2, 0.25) is 0 Å². The molecule has 0 radical (unpaired) electrons. The Balaban J connectivity index is 1.62. The van der Waals surface area contributed by atoms with Crippen LogP contribution in [0.15, 0.2) is 53.3 Å². The van der Waals surface area contributed by atoms with Crippen LogP contribution in [0.3, 0.4) is 0 Å². The Morgan fingerprint density at radius 3 is 2.46 bits per heavy atom. The largest absolute Gasteiger partial charge is 0.493 e. The van der Waals surface area contributed by atoms with Crippen molar-refractivity contribution < 1.29 is 4.74 Å². The van der Waals surface area contributed by atoms with E-state index >= 15 is 0 Å². The highest BCUT2D eigenvalue weighted by Gasteiger charge is 2.12. The summed E-state index contributed by atoms with van der Waals surface area (Å²) in [7, 11) is 0. The summed E-state index contributed by atoms with van der Waals surface area (Å²) >= 11 is 1.35. The topological polar surface area (TPSA) is 56.5 Å². The van der Waals surface area contributed by atoms with Crippen molar-refractivity contribution in [2.75, 3.05) is 6.61 Å². The number of benzene rings is 2. The molecule has 142 valence electrons. The molecule has 2 aromatic heterocycles. The Kier molecular flexibility index (Phi) is 4.96. The summed E-state index contributed by atoms with van der Waals surface area (Å²) in [5.41, 5.74) is 2.89. The van der Waals surface area contributed by atoms with Crippen LogP contribution in [-0.2, 0) is 0 Å². The van der Waals surface area contributed by atoms with Crippen LogP contribution in [0.1, 0.15) is 25.0 Å². The lowest BCUT2D eigenvalue weighted by Crippen LogP contribution is -2.23. The number of rotatable bonds is 5. The van der Waals surface area contributed by atoms with E-state index in [1.807, 2.05) is 61.5 Å². The van der Waals surface area contributed by atoms with Crippen molar-refractivity contribution in [3.8, 4) is 17.1 Å². The first kappa shape index (κ1) is 18.4. The Hall–Kier alpha value is -2.99. The Morgan fingerprint density at radius 2 is 1.82 bits per heavy atom. The lowest BCUT2D eigenvalue weighted by Gasteiger charge is -2.08.